The highest BCUT2D eigenvalue weighted by molar-refractivity contribution is 7.79. The van der Waals surface area contributed by atoms with Crippen molar-refractivity contribution in [3.05, 3.63) is 35.9 Å². The third-order valence-corrected chi connectivity index (χ3v) is 3.66. The minimum Gasteiger partial charge on any atom is -0.344 e. The molecule has 0 unspecified atom stereocenters. The van der Waals surface area contributed by atoms with Crippen molar-refractivity contribution in [2.75, 3.05) is 0 Å². The average molecular weight is 379 g/mol. The SMILES string of the molecule is CCCCCCCCCCCCc1ccccc1.N.N.O=S(=O)(O)O. The Morgan fingerprint density at radius 1 is 0.720 bits per heavy atom. The maximum Gasteiger partial charge on any atom is 0.394 e. The molecule has 1 aromatic rings. The van der Waals surface area contributed by atoms with E-state index in [0.29, 0.717) is 0 Å². The number of benzene rings is 1. The second kappa shape index (κ2) is 19.3. The second-order valence-electron chi connectivity index (χ2n) is 5.87. The van der Waals surface area contributed by atoms with Gasteiger partial charge in [-0.2, -0.15) is 8.42 Å². The minimum atomic E-state index is -4.67. The first-order valence-electron chi connectivity index (χ1n) is 8.67. The number of unbranched alkanes of at least 4 members (excludes halogenated alkanes) is 9. The molecule has 0 aromatic heterocycles. The lowest BCUT2D eigenvalue weighted by Crippen LogP contribution is -1.89. The van der Waals surface area contributed by atoms with Gasteiger partial charge in [0, 0.05) is 0 Å². The maximum atomic E-state index is 8.74. The van der Waals surface area contributed by atoms with E-state index < -0.39 is 10.4 Å². The monoisotopic (exact) mass is 378 g/mol. The van der Waals surface area contributed by atoms with Crippen LogP contribution in [0.2, 0.25) is 0 Å². The van der Waals surface area contributed by atoms with Crippen molar-refractivity contribution < 1.29 is 17.5 Å². The third kappa shape index (κ3) is 28.1. The molecular weight excluding hydrogens is 340 g/mol. The zero-order valence-electron chi connectivity index (χ0n) is 15.7. The lowest BCUT2D eigenvalue weighted by molar-refractivity contribution is 0.381. The van der Waals surface area contributed by atoms with Gasteiger partial charge < -0.3 is 12.3 Å². The van der Waals surface area contributed by atoms with Crippen LogP contribution in [0.25, 0.3) is 0 Å². The highest BCUT2D eigenvalue weighted by Gasteiger charge is 1.94. The summed E-state index contributed by atoms with van der Waals surface area (Å²) in [4.78, 5) is 0. The minimum absolute atomic E-state index is 0. The molecule has 8 N–H and O–H groups in total. The van der Waals surface area contributed by atoms with Gasteiger partial charge in [0.1, 0.15) is 0 Å². The quantitative estimate of drug-likeness (QED) is 0.282. The number of hydrogen-bond donors (Lipinski definition) is 4. The van der Waals surface area contributed by atoms with E-state index in [2.05, 4.69) is 37.3 Å². The summed E-state index contributed by atoms with van der Waals surface area (Å²) >= 11 is 0. The van der Waals surface area contributed by atoms with Crippen LogP contribution >= 0.6 is 0 Å². The Labute approximate surface area is 154 Å². The predicted molar refractivity (Wildman–Crippen MR) is 106 cm³/mol. The first kappa shape index (κ1) is 28.8. The van der Waals surface area contributed by atoms with Crippen molar-refractivity contribution in [3.8, 4) is 0 Å². The molecule has 0 spiro atoms. The van der Waals surface area contributed by atoms with E-state index in [4.69, 9.17) is 17.5 Å². The summed E-state index contributed by atoms with van der Waals surface area (Å²) in [5.74, 6) is 0. The smallest absolute Gasteiger partial charge is 0.344 e. The van der Waals surface area contributed by atoms with Gasteiger partial charge in [-0.3, -0.25) is 9.11 Å². The van der Waals surface area contributed by atoms with Crippen LogP contribution in [0, 0.1) is 0 Å². The lowest BCUT2D eigenvalue weighted by Gasteiger charge is -2.03. The maximum absolute atomic E-state index is 8.74. The molecule has 0 aliphatic heterocycles. The molecule has 0 saturated carbocycles. The highest BCUT2D eigenvalue weighted by Crippen LogP contribution is 2.12. The molecule has 0 aliphatic rings. The van der Waals surface area contributed by atoms with E-state index in [0.717, 1.165) is 0 Å². The van der Waals surface area contributed by atoms with Crippen molar-refractivity contribution in [3.63, 3.8) is 0 Å². The Morgan fingerprint density at radius 2 is 1.08 bits per heavy atom. The fourth-order valence-corrected chi connectivity index (χ4v) is 2.46. The lowest BCUT2D eigenvalue weighted by atomic mass is 10.0. The molecule has 0 atom stereocenters. The van der Waals surface area contributed by atoms with Crippen molar-refractivity contribution in [1.29, 1.82) is 0 Å². The van der Waals surface area contributed by atoms with E-state index in [1.54, 1.807) is 0 Å². The largest absolute Gasteiger partial charge is 0.394 e. The van der Waals surface area contributed by atoms with Crippen LogP contribution in [-0.2, 0) is 16.8 Å². The van der Waals surface area contributed by atoms with Gasteiger partial charge in [-0.05, 0) is 18.4 Å². The average Bonchev–Trinajstić information content (AvgIpc) is 2.48. The topological polar surface area (TPSA) is 145 Å². The molecule has 0 radical (unpaired) electrons. The Morgan fingerprint density at radius 3 is 1.48 bits per heavy atom. The van der Waals surface area contributed by atoms with Crippen molar-refractivity contribution in [2.45, 2.75) is 77.6 Å². The van der Waals surface area contributed by atoms with E-state index in [1.165, 1.54) is 76.2 Å². The van der Waals surface area contributed by atoms with Crippen LogP contribution in [0.5, 0.6) is 0 Å². The molecule has 0 aliphatic carbocycles. The van der Waals surface area contributed by atoms with Gasteiger partial charge in [0.15, 0.2) is 0 Å². The van der Waals surface area contributed by atoms with Gasteiger partial charge in [-0.1, -0.05) is 95.0 Å². The van der Waals surface area contributed by atoms with Crippen molar-refractivity contribution in [2.24, 2.45) is 0 Å². The predicted octanol–water partition coefficient (Wildman–Crippen LogP) is 5.82. The summed E-state index contributed by atoms with van der Waals surface area (Å²) < 4.78 is 31.6. The Kier molecular flexibility index (Phi) is 22.3. The zero-order valence-corrected chi connectivity index (χ0v) is 16.5. The number of rotatable bonds is 11. The highest BCUT2D eigenvalue weighted by atomic mass is 32.3. The van der Waals surface area contributed by atoms with Gasteiger partial charge in [-0.25, -0.2) is 0 Å². The van der Waals surface area contributed by atoms with E-state index in [9.17, 15) is 0 Å². The van der Waals surface area contributed by atoms with Gasteiger partial charge in [0.2, 0.25) is 0 Å². The molecule has 6 nitrogen and oxygen atoms in total. The van der Waals surface area contributed by atoms with Crippen LogP contribution < -0.4 is 12.3 Å². The molecule has 150 valence electrons. The van der Waals surface area contributed by atoms with E-state index in [1.807, 2.05) is 0 Å². The summed E-state index contributed by atoms with van der Waals surface area (Å²) in [5, 5.41) is 0. The molecule has 7 heteroatoms. The second-order valence-corrected chi connectivity index (χ2v) is 6.76. The molecule has 0 fully saturated rings. The van der Waals surface area contributed by atoms with Crippen LogP contribution in [0.3, 0.4) is 0 Å². The summed E-state index contributed by atoms with van der Waals surface area (Å²) in [7, 11) is -4.67. The molecule has 1 aromatic carbocycles. The summed E-state index contributed by atoms with van der Waals surface area (Å²) in [6, 6.07) is 10.9. The van der Waals surface area contributed by atoms with Crippen LogP contribution in [0.4, 0.5) is 0 Å². The molecular formula is C18H38N2O4S. The summed E-state index contributed by atoms with van der Waals surface area (Å²) in [6.07, 6.45) is 15.5. The van der Waals surface area contributed by atoms with E-state index >= 15 is 0 Å². The zero-order chi connectivity index (χ0) is 17.4. The first-order chi connectivity index (χ1) is 10.9. The Bertz CT molecular complexity index is 459. The van der Waals surface area contributed by atoms with Crippen molar-refractivity contribution >= 4 is 10.4 Å². The third-order valence-electron chi connectivity index (χ3n) is 3.66. The van der Waals surface area contributed by atoms with Crippen molar-refractivity contribution in [1.82, 2.24) is 12.3 Å². The Hall–Kier alpha value is -0.990. The van der Waals surface area contributed by atoms with Crippen LogP contribution in [0.15, 0.2) is 30.3 Å². The molecule has 0 heterocycles. The van der Waals surface area contributed by atoms with Crippen LogP contribution in [0.1, 0.15) is 76.7 Å². The first-order valence-corrected chi connectivity index (χ1v) is 10.1. The van der Waals surface area contributed by atoms with E-state index in [-0.39, 0.29) is 12.3 Å². The van der Waals surface area contributed by atoms with Gasteiger partial charge >= 0.3 is 10.4 Å². The molecule has 1 rings (SSSR count). The number of aryl methyl sites for hydroxylation is 1. The van der Waals surface area contributed by atoms with Gasteiger partial charge in [-0.15, -0.1) is 0 Å². The molecule has 0 amide bonds. The molecule has 25 heavy (non-hydrogen) atoms. The fraction of sp³-hybridized carbons (Fsp3) is 0.667. The van der Waals surface area contributed by atoms with Crippen LogP contribution in [-0.4, -0.2) is 17.5 Å². The summed E-state index contributed by atoms with van der Waals surface area (Å²) in [6.45, 7) is 2.28. The normalized spacial score (nSPS) is 10.0. The van der Waals surface area contributed by atoms with Gasteiger partial charge in [0.05, 0.1) is 0 Å². The summed E-state index contributed by atoms with van der Waals surface area (Å²) in [5.41, 5.74) is 1.50. The molecule has 0 saturated heterocycles. The molecule has 0 bridgehead atoms. The van der Waals surface area contributed by atoms with Gasteiger partial charge in [0.25, 0.3) is 0 Å². The standard InChI is InChI=1S/C18H30.2H3N.H2O4S/c1-2-3-4-5-6-7-8-9-10-12-15-18-16-13-11-14-17-18;;;1-5(2,3)4/h11,13-14,16-17H,2-10,12,15H2,1H3;2*1H3;(H2,1,2,3,4). The fourth-order valence-electron chi connectivity index (χ4n) is 2.46. The Balaban J connectivity index is -0.000000610. The number of hydrogen-bond acceptors (Lipinski definition) is 4.